The van der Waals surface area contributed by atoms with Crippen LogP contribution in [0.1, 0.15) is 30.2 Å². The van der Waals surface area contributed by atoms with Gasteiger partial charge in [0.1, 0.15) is 17.3 Å². The van der Waals surface area contributed by atoms with E-state index in [9.17, 15) is 4.79 Å². The molecule has 1 aromatic heterocycles. The van der Waals surface area contributed by atoms with Gasteiger partial charge in [0.05, 0.1) is 0 Å². The van der Waals surface area contributed by atoms with Crippen LogP contribution in [0.3, 0.4) is 0 Å². The number of benzene rings is 1. The average molecular weight is 314 g/mol. The highest BCUT2D eigenvalue weighted by Crippen LogP contribution is 2.34. The van der Waals surface area contributed by atoms with Crippen molar-refractivity contribution >= 4 is 17.4 Å². The summed E-state index contributed by atoms with van der Waals surface area (Å²) in [5.74, 6) is 2.24. The number of rotatable bonds is 4. The highest BCUT2D eigenvalue weighted by atomic mass is 16.7. The summed E-state index contributed by atoms with van der Waals surface area (Å²) >= 11 is 0. The quantitative estimate of drug-likeness (QED) is 0.901. The number of fused-ring (bicyclic) bond motifs is 1. The van der Waals surface area contributed by atoms with Crippen molar-refractivity contribution in [3.8, 4) is 11.5 Å². The van der Waals surface area contributed by atoms with Gasteiger partial charge in [-0.3, -0.25) is 4.79 Å². The molecule has 2 N–H and O–H groups in total. The number of carbonyl (C=O) groups excluding carboxylic acids is 1. The number of aryl methyl sites for hydroxylation is 1. The molecule has 1 aliphatic heterocycles. The van der Waals surface area contributed by atoms with Gasteiger partial charge in [-0.25, -0.2) is 9.97 Å². The van der Waals surface area contributed by atoms with Gasteiger partial charge in [-0.15, -0.1) is 0 Å². The molecule has 7 nitrogen and oxygen atoms in total. The summed E-state index contributed by atoms with van der Waals surface area (Å²) in [7, 11) is 0. The molecule has 0 fully saturated rings. The zero-order valence-corrected chi connectivity index (χ0v) is 13.2. The molecule has 23 heavy (non-hydrogen) atoms. The first-order valence-corrected chi connectivity index (χ1v) is 7.34. The lowest BCUT2D eigenvalue weighted by Gasteiger charge is -2.11. The summed E-state index contributed by atoms with van der Waals surface area (Å²) < 4.78 is 10.6. The number of ether oxygens (including phenoxy) is 2. The number of nitrogens with one attached hydrogen (secondary N) is 2. The third kappa shape index (κ3) is 3.50. The molecule has 120 valence electrons. The number of amides is 1. The Labute approximate surface area is 134 Å². The molecular weight excluding hydrogens is 296 g/mol. The van der Waals surface area contributed by atoms with E-state index < -0.39 is 0 Å². The third-order valence-corrected chi connectivity index (χ3v) is 3.14. The van der Waals surface area contributed by atoms with E-state index in [1.54, 1.807) is 13.0 Å². The van der Waals surface area contributed by atoms with E-state index in [-0.39, 0.29) is 18.7 Å². The largest absolute Gasteiger partial charge is 0.454 e. The zero-order chi connectivity index (χ0) is 16.4. The Morgan fingerprint density at radius 2 is 1.96 bits per heavy atom. The second-order valence-electron chi connectivity index (χ2n) is 5.51. The molecule has 0 unspecified atom stereocenters. The Kier molecular flexibility index (Phi) is 4.01. The predicted octanol–water partition coefficient (Wildman–Crippen LogP) is 2.40. The van der Waals surface area contributed by atoms with Gasteiger partial charge in [-0.2, -0.15) is 0 Å². The summed E-state index contributed by atoms with van der Waals surface area (Å²) in [6.45, 7) is 5.78. The van der Waals surface area contributed by atoms with Gasteiger partial charge in [-0.05, 0) is 32.9 Å². The van der Waals surface area contributed by atoms with E-state index in [1.165, 1.54) is 0 Å². The third-order valence-electron chi connectivity index (χ3n) is 3.14. The van der Waals surface area contributed by atoms with Crippen LogP contribution in [-0.2, 0) is 0 Å². The van der Waals surface area contributed by atoms with Gasteiger partial charge >= 0.3 is 0 Å². The van der Waals surface area contributed by atoms with Gasteiger partial charge in [0.15, 0.2) is 11.5 Å². The number of hydrogen-bond acceptors (Lipinski definition) is 6. The summed E-state index contributed by atoms with van der Waals surface area (Å²) in [6.07, 6.45) is 0. The fraction of sp³-hybridized carbons (Fsp3) is 0.312. The fourth-order valence-electron chi connectivity index (χ4n) is 2.21. The van der Waals surface area contributed by atoms with Crippen LogP contribution in [0.15, 0.2) is 24.3 Å². The smallest absolute Gasteiger partial charge is 0.270 e. The van der Waals surface area contributed by atoms with Crippen molar-refractivity contribution in [1.29, 1.82) is 0 Å². The van der Waals surface area contributed by atoms with E-state index in [1.807, 2.05) is 32.0 Å². The second kappa shape index (κ2) is 6.12. The van der Waals surface area contributed by atoms with Crippen molar-refractivity contribution in [2.24, 2.45) is 0 Å². The summed E-state index contributed by atoms with van der Waals surface area (Å²) in [5.41, 5.74) is 1.12. The minimum atomic E-state index is -0.223. The first kappa shape index (κ1) is 15.1. The molecule has 0 spiro atoms. The molecule has 1 amide bonds. The van der Waals surface area contributed by atoms with E-state index in [4.69, 9.17) is 9.47 Å². The van der Waals surface area contributed by atoms with Gasteiger partial charge in [0, 0.05) is 23.9 Å². The van der Waals surface area contributed by atoms with Crippen molar-refractivity contribution < 1.29 is 14.3 Å². The predicted molar refractivity (Wildman–Crippen MR) is 85.2 cm³/mol. The van der Waals surface area contributed by atoms with Gasteiger partial charge in [-0.1, -0.05) is 0 Å². The lowest BCUT2D eigenvalue weighted by molar-refractivity contribution is 0.0937. The monoisotopic (exact) mass is 314 g/mol. The Bertz CT molecular complexity index is 746. The number of aromatic nitrogens is 2. The maximum Gasteiger partial charge on any atom is 0.270 e. The topological polar surface area (TPSA) is 85.4 Å². The number of hydrogen-bond donors (Lipinski definition) is 2. The minimum Gasteiger partial charge on any atom is -0.454 e. The van der Waals surface area contributed by atoms with Crippen LogP contribution in [0.5, 0.6) is 11.5 Å². The number of carbonyl (C=O) groups is 1. The molecule has 0 bridgehead atoms. The van der Waals surface area contributed by atoms with Gasteiger partial charge in [0.25, 0.3) is 5.91 Å². The first-order valence-electron chi connectivity index (χ1n) is 7.34. The standard InChI is InChI=1S/C16H18N4O3/c1-9(2)17-16(21)12-7-15(19-10(3)18-12)20-11-4-5-13-14(6-11)23-8-22-13/h4-7,9H,8H2,1-3H3,(H,17,21)(H,18,19,20). The SMILES string of the molecule is Cc1nc(Nc2ccc3c(c2)OCO3)cc(C(=O)NC(C)C)n1. The Morgan fingerprint density at radius 3 is 2.74 bits per heavy atom. The molecule has 0 radical (unpaired) electrons. The fourth-order valence-corrected chi connectivity index (χ4v) is 2.21. The summed E-state index contributed by atoms with van der Waals surface area (Å²) in [6, 6.07) is 7.18. The molecule has 0 atom stereocenters. The van der Waals surface area contributed by atoms with Crippen molar-refractivity contribution in [2.75, 3.05) is 12.1 Å². The Hall–Kier alpha value is -2.83. The van der Waals surface area contributed by atoms with Crippen LogP contribution < -0.4 is 20.1 Å². The molecule has 0 saturated heterocycles. The van der Waals surface area contributed by atoms with Crippen molar-refractivity contribution in [3.63, 3.8) is 0 Å². The lowest BCUT2D eigenvalue weighted by atomic mass is 10.2. The molecular formula is C16H18N4O3. The second-order valence-corrected chi connectivity index (χ2v) is 5.51. The molecule has 3 rings (SSSR count). The Morgan fingerprint density at radius 1 is 1.17 bits per heavy atom. The van der Waals surface area contributed by atoms with Crippen LogP contribution in [0, 0.1) is 6.92 Å². The van der Waals surface area contributed by atoms with Crippen LogP contribution in [0.4, 0.5) is 11.5 Å². The summed E-state index contributed by atoms with van der Waals surface area (Å²) in [5, 5.41) is 5.97. The average Bonchev–Trinajstić information content (AvgIpc) is 2.93. The minimum absolute atomic E-state index is 0.0445. The van der Waals surface area contributed by atoms with Crippen molar-refractivity contribution in [3.05, 3.63) is 35.8 Å². The highest BCUT2D eigenvalue weighted by Gasteiger charge is 2.15. The Balaban J connectivity index is 1.82. The van der Waals surface area contributed by atoms with Crippen LogP contribution in [0.2, 0.25) is 0 Å². The maximum absolute atomic E-state index is 12.1. The van der Waals surface area contributed by atoms with E-state index in [2.05, 4.69) is 20.6 Å². The molecule has 2 aromatic rings. The maximum atomic E-state index is 12.1. The van der Waals surface area contributed by atoms with Crippen LogP contribution in [-0.4, -0.2) is 28.7 Å². The van der Waals surface area contributed by atoms with E-state index >= 15 is 0 Å². The zero-order valence-electron chi connectivity index (χ0n) is 13.2. The highest BCUT2D eigenvalue weighted by molar-refractivity contribution is 5.93. The summed E-state index contributed by atoms with van der Waals surface area (Å²) in [4.78, 5) is 20.6. The van der Waals surface area contributed by atoms with Gasteiger partial charge < -0.3 is 20.1 Å². The molecule has 0 saturated carbocycles. The molecule has 7 heteroatoms. The lowest BCUT2D eigenvalue weighted by Crippen LogP contribution is -2.31. The molecule has 1 aliphatic rings. The normalized spacial score (nSPS) is 12.3. The van der Waals surface area contributed by atoms with Crippen molar-refractivity contribution in [1.82, 2.24) is 15.3 Å². The van der Waals surface area contributed by atoms with Crippen LogP contribution >= 0.6 is 0 Å². The molecule has 1 aromatic carbocycles. The van der Waals surface area contributed by atoms with E-state index in [0.717, 1.165) is 5.69 Å². The van der Waals surface area contributed by atoms with Crippen LogP contribution in [0.25, 0.3) is 0 Å². The molecule has 0 aliphatic carbocycles. The van der Waals surface area contributed by atoms with E-state index in [0.29, 0.717) is 28.8 Å². The first-order chi connectivity index (χ1) is 11.0. The molecule has 2 heterocycles. The number of anilines is 2. The van der Waals surface area contributed by atoms with Crippen molar-refractivity contribution in [2.45, 2.75) is 26.8 Å². The number of nitrogens with zero attached hydrogens (tertiary/aromatic N) is 2. The van der Waals surface area contributed by atoms with Gasteiger partial charge in [0.2, 0.25) is 6.79 Å².